The van der Waals surface area contributed by atoms with Gasteiger partial charge in [0.25, 0.3) is 5.91 Å². The van der Waals surface area contributed by atoms with Crippen molar-refractivity contribution in [3.8, 4) is 0 Å². The van der Waals surface area contributed by atoms with E-state index in [1.54, 1.807) is 7.11 Å². The summed E-state index contributed by atoms with van der Waals surface area (Å²) < 4.78 is 16.1. The summed E-state index contributed by atoms with van der Waals surface area (Å²) in [6, 6.07) is 8.82. The Hall–Kier alpha value is -2.26. The highest BCUT2D eigenvalue weighted by atomic mass is 16.5. The molecule has 1 fully saturated rings. The Morgan fingerprint density at radius 3 is 2.58 bits per heavy atom. The van der Waals surface area contributed by atoms with Crippen LogP contribution in [0.3, 0.4) is 0 Å². The van der Waals surface area contributed by atoms with Gasteiger partial charge in [-0.25, -0.2) is 4.98 Å². The summed E-state index contributed by atoms with van der Waals surface area (Å²) in [5, 5.41) is 2.77. The van der Waals surface area contributed by atoms with E-state index in [0.29, 0.717) is 31.3 Å². The maximum atomic E-state index is 12.2. The fraction of sp³-hybridized carbons (Fsp3) is 0.600. The molecule has 1 amide bonds. The number of hydrogen-bond acceptors (Lipinski definition) is 7. The molecule has 1 aliphatic rings. The monoisotopic (exact) mass is 458 g/mol. The highest BCUT2D eigenvalue weighted by molar-refractivity contribution is 5.91. The Kier molecular flexibility index (Phi) is 9.43. The van der Waals surface area contributed by atoms with Gasteiger partial charge in [0.05, 0.1) is 26.4 Å². The molecule has 182 valence electrons. The lowest BCUT2D eigenvalue weighted by Crippen LogP contribution is -2.41. The molecule has 3 rings (SSSR count). The Balaban J connectivity index is 1.64. The minimum absolute atomic E-state index is 0.132. The molecule has 8 nitrogen and oxygen atoms in total. The predicted octanol–water partition coefficient (Wildman–Crippen LogP) is 2.68. The van der Waals surface area contributed by atoms with Crippen LogP contribution < -0.4 is 5.32 Å². The van der Waals surface area contributed by atoms with E-state index in [-0.39, 0.29) is 11.3 Å². The second kappa shape index (κ2) is 12.3. The Morgan fingerprint density at radius 2 is 1.91 bits per heavy atom. The van der Waals surface area contributed by atoms with Crippen molar-refractivity contribution in [2.24, 2.45) is 0 Å². The number of aromatic nitrogens is 1. The Labute approximate surface area is 197 Å². The zero-order valence-electron chi connectivity index (χ0n) is 20.4. The molecule has 1 N–H and O–H groups in total. The van der Waals surface area contributed by atoms with Gasteiger partial charge in [0, 0.05) is 46.4 Å². The first-order valence-electron chi connectivity index (χ1n) is 11.7. The molecule has 0 radical (unpaired) electrons. The molecule has 1 aromatic heterocycles. The molecule has 0 aliphatic carbocycles. The molecule has 0 atom stereocenters. The van der Waals surface area contributed by atoms with Crippen molar-refractivity contribution in [2.75, 3.05) is 59.7 Å². The number of carbonyl (C=O) groups excluding carboxylic acids is 1. The maximum absolute atomic E-state index is 12.2. The fourth-order valence-electron chi connectivity index (χ4n) is 3.73. The quantitative estimate of drug-likeness (QED) is 0.519. The molecular weight excluding hydrogens is 420 g/mol. The number of carbonyl (C=O) groups is 1. The minimum atomic E-state index is -0.250. The van der Waals surface area contributed by atoms with E-state index in [9.17, 15) is 4.79 Å². The van der Waals surface area contributed by atoms with Crippen LogP contribution in [0.1, 0.15) is 48.3 Å². The van der Waals surface area contributed by atoms with Gasteiger partial charge in [-0.15, -0.1) is 0 Å². The van der Waals surface area contributed by atoms with Gasteiger partial charge in [0.2, 0.25) is 5.89 Å². The van der Waals surface area contributed by atoms with Crippen LogP contribution >= 0.6 is 0 Å². The number of rotatable bonds is 11. The van der Waals surface area contributed by atoms with Crippen molar-refractivity contribution in [1.82, 2.24) is 20.1 Å². The highest BCUT2D eigenvalue weighted by Gasteiger charge is 2.18. The van der Waals surface area contributed by atoms with Crippen LogP contribution in [-0.4, -0.2) is 80.3 Å². The molecule has 0 spiro atoms. The van der Waals surface area contributed by atoms with Crippen molar-refractivity contribution < 1.29 is 18.7 Å². The zero-order chi connectivity index (χ0) is 23.7. The Morgan fingerprint density at radius 1 is 1.18 bits per heavy atom. The van der Waals surface area contributed by atoms with E-state index in [4.69, 9.17) is 13.9 Å². The summed E-state index contributed by atoms with van der Waals surface area (Å²) >= 11 is 0. The SMILES string of the molecule is COCCNC(=O)c1coc(CN(CCN2CCOCC2)Cc2ccc(C(C)(C)C)cc2)n1. The summed E-state index contributed by atoms with van der Waals surface area (Å²) in [6.45, 7) is 14.2. The van der Waals surface area contributed by atoms with E-state index in [0.717, 1.165) is 45.9 Å². The van der Waals surface area contributed by atoms with E-state index >= 15 is 0 Å². The molecule has 0 bridgehead atoms. The molecule has 2 heterocycles. The summed E-state index contributed by atoms with van der Waals surface area (Å²) in [5.41, 5.74) is 2.99. The first-order chi connectivity index (χ1) is 15.8. The standard InChI is InChI=1S/C25H38N4O4/c1-25(2,3)21-7-5-20(6-8-21)17-29(11-10-28-12-15-32-16-13-28)18-23-27-22(19-33-23)24(30)26-9-14-31-4/h5-8,19H,9-18H2,1-4H3,(H,26,30). The van der Waals surface area contributed by atoms with Crippen molar-refractivity contribution in [3.63, 3.8) is 0 Å². The third-order valence-electron chi connectivity index (χ3n) is 5.80. The molecule has 0 saturated carbocycles. The first kappa shape index (κ1) is 25.4. The maximum Gasteiger partial charge on any atom is 0.273 e. The highest BCUT2D eigenvalue weighted by Crippen LogP contribution is 2.22. The van der Waals surface area contributed by atoms with Crippen LogP contribution in [-0.2, 0) is 28.0 Å². The van der Waals surface area contributed by atoms with Crippen molar-refractivity contribution in [1.29, 1.82) is 0 Å². The third-order valence-corrected chi connectivity index (χ3v) is 5.80. The molecule has 0 unspecified atom stereocenters. The van der Waals surface area contributed by atoms with Gasteiger partial charge in [-0.1, -0.05) is 45.0 Å². The molecule has 33 heavy (non-hydrogen) atoms. The predicted molar refractivity (Wildman–Crippen MR) is 127 cm³/mol. The lowest BCUT2D eigenvalue weighted by molar-refractivity contribution is 0.0320. The first-order valence-corrected chi connectivity index (χ1v) is 11.7. The smallest absolute Gasteiger partial charge is 0.273 e. The second-order valence-corrected chi connectivity index (χ2v) is 9.49. The van der Waals surface area contributed by atoms with Crippen LogP contribution in [0.25, 0.3) is 0 Å². The van der Waals surface area contributed by atoms with Crippen LogP contribution in [0.2, 0.25) is 0 Å². The second-order valence-electron chi connectivity index (χ2n) is 9.49. The fourth-order valence-corrected chi connectivity index (χ4v) is 3.73. The van der Waals surface area contributed by atoms with E-state index < -0.39 is 0 Å². The van der Waals surface area contributed by atoms with Gasteiger partial charge in [-0.05, 0) is 16.5 Å². The number of nitrogens with one attached hydrogen (secondary N) is 1. The van der Waals surface area contributed by atoms with Crippen molar-refractivity contribution in [2.45, 2.75) is 39.3 Å². The average molecular weight is 459 g/mol. The number of oxazole rings is 1. The number of benzene rings is 1. The lowest BCUT2D eigenvalue weighted by atomic mass is 9.87. The molecule has 8 heteroatoms. The summed E-state index contributed by atoms with van der Waals surface area (Å²) in [6.07, 6.45) is 1.43. The zero-order valence-corrected chi connectivity index (χ0v) is 20.4. The van der Waals surface area contributed by atoms with Crippen LogP contribution in [0.5, 0.6) is 0 Å². The summed E-state index contributed by atoms with van der Waals surface area (Å²) in [7, 11) is 1.60. The summed E-state index contributed by atoms with van der Waals surface area (Å²) in [5.74, 6) is 0.292. The third kappa shape index (κ3) is 8.23. The molecule has 1 aliphatic heterocycles. The van der Waals surface area contributed by atoms with E-state index in [2.05, 4.69) is 65.1 Å². The largest absolute Gasteiger partial charge is 0.447 e. The number of hydrogen-bond donors (Lipinski definition) is 1. The topological polar surface area (TPSA) is 80.1 Å². The number of nitrogens with zero attached hydrogens (tertiary/aromatic N) is 3. The van der Waals surface area contributed by atoms with Gasteiger partial charge in [0.1, 0.15) is 6.26 Å². The minimum Gasteiger partial charge on any atom is -0.447 e. The van der Waals surface area contributed by atoms with Crippen molar-refractivity contribution >= 4 is 5.91 Å². The molecule has 1 saturated heterocycles. The Bertz CT molecular complexity index is 854. The normalized spacial score (nSPS) is 15.2. The van der Waals surface area contributed by atoms with Crippen molar-refractivity contribution in [3.05, 3.63) is 53.2 Å². The van der Waals surface area contributed by atoms with Crippen LogP contribution in [0.15, 0.2) is 34.9 Å². The van der Waals surface area contributed by atoms with Gasteiger partial charge in [-0.2, -0.15) is 0 Å². The van der Waals surface area contributed by atoms with Crippen LogP contribution in [0.4, 0.5) is 0 Å². The number of morpholine rings is 1. The van der Waals surface area contributed by atoms with E-state index in [1.807, 2.05) is 0 Å². The van der Waals surface area contributed by atoms with E-state index in [1.165, 1.54) is 17.4 Å². The van der Waals surface area contributed by atoms with Crippen LogP contribution in [0, 0.1) is 0 Å². The molecular formula is C25H38N4O4. The number of methoxy groups -OCH3 is 1. The lowest BCUT2D eigenvalue weighted by Gasteiger charge is -2.29. The van der Waals surface area contributed by atoms with Gasteiger partial charge in [-0.3, -0.25) is 14.6 Å². The van der Waals surface area contributed by atoms with Gasteiger partial charge >= 0.3 is 0 Å². The van der Waals surface area contributed by atoms with Gasteiger partial charge in [0.15, 0.2) is 5.69 Å². The van der Waals surface area contributed by atoms with Gasteiger partial charge < -0.3 is 19.2 Å². The molecule has 1 aromatic carbocycles. The molecule has 2 aromatic rings. The number of ether oxygens (including phenoxy) is 2. The summed E-state index contributed by atoms with van der Waals surface area (Å²) in [4.78, 5) is 21.4. The average Bonchev–Trinajstić information content (AvgIpc) is 3.27. The number of amides is 1.